The average molecular weight is 310 g/mol. The monoisotopic (exact) mass is 310 g/mol. The van der Waals surface area contributed by atoms with Gasteiger partial charge in [-0.3, -0.25) is 14.4 Å². The molecule has 7 nitrogen and oxygen atoms in total. The van der Waals surface area contributed by atoms with Gasteiger partial charge in [0, 0.05) is 5.56 Å². The summed E-state index contributed by atoms with van der Waals surface area (Å²) < 4.78 is 19.5. The Morgan fingerprint density at radius 1 is 0.864 bits per heavy atom. The number of rotatable bonds is 6. The van der Waals surface area contributed by atoms with E-state index >= 15 is 0 Å². The molecule has 0 saturated heterocycles. The highest BCUT2D eigenvalue weighted by Gasteiger charge is 2.34. The van der Waals surface area contributed by atoms with Crippen LogP contribution in [-0.2, 0) is 19.1 Å². The second-order valence-corrected chi connectivity index (χ2v) is 4.33. The third-order valence-electron chi connectivity index (χ3n) is 3.12. The first kappa shape index (κ1) is 17.5. The van der Waals surface area contributed by atoms with Gasteiger partial charge in [-0.05, 0) is 24.6 Å². The minimum absolute atomic E-state index is 0.142. The fourth-order valence-electron chi connectivity index (χ4n) is 2.02. The van der Waals surface area contributed by atoms with Gasteiger partial charge in [0.2, 0.25) is 0 Å². The largest absolute Gasteiger partial charge is 0.493 e. The topological polar surface area (TPSA) is 88.1 Å². The Hall–Kier alpha value is -2.57. The lowest BCUT2D eigenvalue weighted by atomic mass is 9.91. The summed E-state index contributed by atoms with van der Waals surface area (Å²) in [5.41, 5.74) is 0.294. The van der Waals surface area contributed by atoms with Crippen LogP contribution in [-0.4, -0.2) is 46.2 Å². The number of esters is 2. The molecule has 120 valence electrons. The van der Waals surface area contributed by atoms with Gasteiger partial charge in [-0.1, -0.05) is 0 Å². The molecule has 0 aromatic heterocycles. The quantitative estimate of drug-likeness (QED) is 0.445. The van der Waals surface area contributed by atoms with Crippen molar-refractivity contribution in [3.8, 4) is 11.5 Å². The van der Waals surface area contributed by atoms with Crippen LogP contribution >= 0.6 is 0 Å². The van der Waals surface area contributed by atoms with E-state index in [0.29, 0.717) is 5.75 Å². The third-order valence-corrected chi connectivity index (χ3v) is 3.12. The fourth-order valence-corrected chi connectivity index (χ4v) is 2.02. The summed E-state index contributed by atoms with van der Waals surface area (Å²) in [6.07, 6.45) is 0. The summed E-state index contributed by atoms with van der Waals surface area (Å²) >= 11 is 0. The van der Waals surface area contributed by atoms with Crippen LogP contribution in [0.1, 0.15) is 28.8 Å². The summed E-state index contributed by atoms with van der Waals surface area (Å²) in [4.78, 5) is 35.7. The fraction of sp³-hybridized carbons (Fsp3) is 0.400. The lowest BCUT2D eigenvalue weighted by Crippen LogP contribution is -2.26. The van der Waals surface area contributed by atoms with Crippen LogP contribution in [0.25, 0.3) is 0 Å². The normalized spacial score (nSPS) is 10.1. The molecule has 0 saturated carbocycles. The van der Waals surface area contributed by atoms with E-state index in [1.807, 2.05) is 0 Å². The average Bonchev–Trinajstić information content (AvgIpc) is 2.53. The molecular weight excluding hydrogens is 292 g/mol. The van der Waals surface area contributed by atoms with Gasteiger partial charge in [-0.2, -0.15) is 0 Å². The number of ketones is 1. The molecule has 1 aromatic rings. The smallest absolute Gasteiger partial charge is 0.324 e. The number of methoxy groups -OCH3 is 4. The SMILES string of the molecule is COC(=O)C(C(=O)OC)c1cc(OC)c(OC)cc1C(C)=O. The molecule has 0 aliphatic rings. The van der Waals surface area contributed by atoms with E-state index in [9.17, 15) is 14.4 Å². The molecule has 0 unspecified atom stereocenters. The molecule has 0 spiro atoms. The van der Waals surface area contributed by atoms with Crippen molar-refractivity contribution in [2.45, 2.75) is 12.8 Å². The first-order valence-corrected chi connectivity index (χ1v) is 6.33. The Labute approximate surface area is 128 Å². The van der Waals surface area contributed by atoms with Gasteiger partial charge in [0.25, 0.3) is 0 Å². The number of Topliss-reactive ketones (excluding diaryl/α,β-unsaturated/α-hetero) is 1. The molecule has 0 heterocycles. The number of hydrogen-bond donors (Lipinski definition) is 0. The summed E-state index contributed by atoms with van der Waals surface area (Å²) in [5.74, 6) is -2.80. The molecule has 0 radical (unpaired) electrons. The van der Waals surface area contributed by atoms with Gasteiger partial charge in [-0.25, -0.2) is 0 Å². The van der Waals surface area contributed by atoms with Crippen LogP contribution in [0.3, 0.4) is 0 Å². The second-order valence-electron chi connectivity index (χ2n) is 4.33. The van der Waals surface area contributed by atoms with E-state index in [1.54, 1.807) is 0 Å². The van der Waals surface area contributed by atoms with Gasteiger partial charge < -0.3 is 18.9 Å². The van der Waals surface area contributed by atoms with Gasteiger partial charge in [0.15, 0.2) is 23.2 Å². The van der Waals surface area contributed by atoms with Crippen molar-refractivity contribution in [2.24, 2.45) is 0 Å². The summed E-state index contributed by atoms with van der Waals surface area (Å²) in [7, 11) is 5.11. The maximum absolute atomic E-state index is 11.9. The van der Waals surface area contributed by atoms with Gasteiger partial charge in [0.1, 0.15) is 0 Å². The van der Waals surface area contributed by atoms with E-state index in [4.69, 9.17) is 9.47 Å². The van der Waals surface area contributed by atoms with E-state index in [-0.39, 0.29) is 22.7 Å². The van der Waals surface area contributed by atoms with Crippen molar-refractivity contribution in [3.63, 3.8) is 0 Å². The van der Waals surface area contributed by atoms with Gasteiger partial charge in [0.05, 0.1) is 28.4 Å². The van der Waals surface area contributed by atoms with Crippen molar-refractivity contribution in [1.29, 1.82) is 0 Å². The first-order valence-electron chi connectivity index (χ1n) is 6.33. The lowest BCUT2D eigenvalue weighted by molar-refractivity contribution is -0.154. The molecule has 7 heteroatoms. The van der Waals surface area contributed by atoms with Crippen LogP contribution in [0.4, 0.5) is 0 Å². The Morgan fingerprint density at radius 2 is 1.32 bits per heavy atom. The Kier molecular flexibility index (Phi) is 5.91. The molecule has 22 heavy (non-hydrogen) atoms. The predicted molar refractivity (Wildman–Crippen MR) is 76.3 cm³/mol. The molecule has 0 atom stereocenters. The van der Waals surface area contributed by atoms with Gasteiger partial charge in [-0.15, -0.1) is 0 Å². The highest BCUT2D eigenvalue weighted by Crippen LogP contribution is 2.35. The Balaban J connectivity index is 3.62. The molecular formula is C15H18O7. The van der Waals surface area contributed by atoms with E-state index in [1.165, 1.54) is 33.3 Å². The van der Waals surface area contributed by atoms with Crippen molar-refractivity contribution < 1.29 is 33.3 Å². The molecule has 0 bridgehead atoms. The minimum atomic E-state index is -1.38. The standard InChI is InChI=1S/C15H18O7/c1-8(16)9-6-11(19-2)12(20-3)7-10(9)13(14(17)21-4)15(18)22-5/h6-7,13H,1-5H3. The molecule has 0 aliphatic heterocycles. The number of benzene rings is 1. The van der Waals surface area contributed by atoms with Crippen molar-refractivity contribution >= 4 is 17.7 Å². The zero-order chi connectivity index (χ0) is 16.9. The maximum Gasteiger partial charge on any atom is 0.324 e. The molecule has 1 rings (SSSR count). The van der Waals surface area contributed by atoms with E-state index < -0.39 is 17.9 Å². The highest BCUT2D eigenvalue weighted by atomic mass is 16.5. The number of carbonyl (C=O) groups excluding carboxylic acids is 3. The third kappa shape index (κ3) is 3.36. The second kappa shape index (κ2) is 7.44. The zero-order valence-electron chi connectivity index (χ0n) is 13.1. The van der Waals surface area contributed by atoms with Crippen LogP contribution < -0.4 is 9.47 Å². The number of carbonyl (C=O) groups is 3. The van der Waals surface area contributed by atoms with E-state index in [2.05, 4.69) is 9.47 Å². The minimum Gasteiger partial charge on any atom is -0.493 e. The Morgan fingerprint density at radius 3 is 1.68 bits per heavy atom. The molecule has 0 aliphatic carbocycles. The highest BCUT2D eigenvalue weighted by molar-refractivity contribution is 6.05. The van der Waals surface area contributed by atoms with Crippen molar-refractivity contribution in [3.05, 3.63) is 23.3 Å². The summed E-state index contributed by atoms with van der Waals surface area (Å²) in [5, 5.41) is 0. The van der Waals surface area contributed by atoms with Crippen molar-refractivity contribution in [2.75, 3.05) is 28.4 Å². The molecule has 1 aromatic carbocycles. The lowest BCUT2D eigenvalue weighted by Gasteiger charge is -2.18. The summed E-state index contributed by atoms with van der Waals surface area (Å²) in [6, 6.07) is 2.81. The predicted octanol–water partition coefficient (Wildman–Crippen LogP) is 1.34. The zero-order valence-corrected chi connectivity index (χ0v) is 13.1. The van der Waals surface area contributed by atoms with Gasteiger partial charge >= 0.3 is 11.9 Å². The van der Waals surface area contributed by atoms with Crippen LogP contribution in [0.15, 0.2) is 12.1 Å². The van der Waals surface area contributed by atoms with Crippen LogP contribution in [0, 0.1) is 0 Å². The number of hydrogen-bond acceptors (Lipinski definition) is 7. The molecule has 0 N–H and O–H groups in total. The molecule has 0 fully saturated rings. The summed E-state index contributed by atoms with van der Waals surface area (Å²) in [6.45, 7) is 1.32. The maximum atomic E-state index is 11.9. The van der Waals surface area contributed by atoms with Crippen LogP contribution in [0.2, 0.25) is 0 Å². The Bertz CT molecular complexity index is 576. The number of ether oxygens (including phenoxy) is 4. The van der Waals surface area contributed by atoms with Crippen LogP contribution in [0.5, 0.6) is 11.5 Å². The van der Waals surface area contributed by atoms with Crippen molar-refractivity contribution in [1.82, 2.24) is 0 Å². The van der Waals surface area contributed by atoms with E-state index in [0.717, 1.165) is 14.2 Å². The molecule has 0 amide bonds. The first-order chi connectivity index (χ1) is 10.4.